The fraction of sp³-hybridized carbons (Fsp3) is 0.389. The van der Waals surface area contributed by atoms with Gasteiger partial charge >= 0.3 is 5.97 Å². The van der Waals surface area contributed by atoms with Gasteiger partial charge in [-0.1, -0.05) is 23.8 Å². The van der Waals surface area contributed by atoms with Crippen molar-refractivity contribution in [3.8, 4) is 0 Å². The van der Waals surface area contributed by atoms with Crippen molar-refractivity contribution in [2.24, 2.45) is 5.92 Å². The number of anilines is 1. The van der Waals surface area contributed by atoms with Crippen molar-refractivity contribution >= 4 is 23.5 Å². The van der Waals surface area contributed by atoms with Crippen LogP contribution in [-0.2, 0) is 19.1 Å². The Labute approximate surface area is 146 Å². The molecule has 7 nitrogen and oxygen atoms in total. The first-order valence-electron chi connectivity index (χ1n) is 8.01. The summed E-state index contributed by atoms with van der Waals surface area (Å²) in [5.41, 5.74) is 1.81. The van der Waals surface area contributed by atoms with Crippen molar-refractivity contribution in [2.45, 2.75) is 19.4 Å². The number of aryl methyl sites for hydroxylation is 1. The molecule has 25 heavy (non-hydrogen) atoms. The third-order valence-corrected chi connectivity index (χ3v) is 3.98. The highest BCUT2D eigenvalue weighted by molar-refractivity contribution is 6.00. The van der Waals surface area contributed by atoms with E-state index in [2.05, 4.69) is 11.9 Å². The van der Waals surface area contributed by atoms with Crippen molar-refractivity contribution in [3.05, 3.63) is 42.5 Å². The molecular weight excluding hydrogens is 324 g/mol. The lowest BCUT2D eigenvalue weighted by Crippen LogP contribution is -2.46. The number of rotatable bonds is 8. The highest BCUT2D eigenvalue weighted by Gasteiger charge is 2.36. The second-order valence-electron chi connectivity index (χ2n) is 5.97. The van der Waals surface area contributed by atoms with Crippen molar-refractivity contribution in [3.63, 3.8) is 0 Å². The Morgan fingerprint density at radius 1 is 1.44 bits per heavy atom. The second kappa shape index (κ2) is 8.43. The minimum Gasteiger partial charge on any atom is -0.480 e. The molecule has 0 bridgehead atoms. The van der Waals surface area contributed by atoms with Crippen LogP contribution in [0.1, 0.15) is 12.0 Å². The summed E-state index contributed by atoms with van der Waals surface area (Å²) in [4.78, 5) is 37.3. The highest BCUT2D eigenvalue weighted by Crippen LogP contribution is 2.25. The average molecular weight is 346 g/mol. The van der Waals surface area contributed by atoms with E-state index in [4.69, 9.17) is 4.74 Å². The summed E-state index contributed by atoms with van der Waals surface area (Å²) < 4.78 is 5.10. The van der Waals surface area contributed by atoms with Crippen LogP contribution in [0.4, 0.5) is 5.69 Å². The van der Waals surface area contributed by atoms with Crippen LogP contribution in [0.5, 0.6) is 0 Å². The lowest BCUT2D eigenvalue weighted by atomic mass is 10.1. The molecule has 1 aromatic carbocycles. The quantitative estimate of drug-likeness (QED) is 0.543. The van der Waals surface area contributed by atoms with Gasteiger partial charge in [-0.05, 0) is 19.1 Å². The molecule has 2 N–H and O–H groups in total. The van der Waals surface area contributed by atoms with Crippen LogP contribution in [0, 0.1) is 12.8 Å². The molecule has 7 heteroatoms. The number of carboxylic acid groups (broad SMARTS) is 1. The monoisotopic (exact) mass is 346 g/mol. The van der Waals surface area contributed by atoms with Crippen LogP contribution >= 0.6 is 0 Å². The number of amides is 2. The molecule has 0 saturated carbocycles. The van der Waals surface area contributed by atoms with Crippen LogP contribution < -0.4 is 10.2 Å². The predicted octanol–water partition coefficient (Wildman–Crippen LogP) is 1.12. The predicted molar refractivity (Wildman–Crippen MR) is 92.2 cm³/mol. The van der Waals surface area contributed by atoms with Gasteiger partial charge in [0.05, 0.1) is 19.1 Å². The Morgan fingerprint density at radius 3 is 2.72 bits per heavy atom. The first kappa shape index (κ1) is 18.7. The number of nitrogens with zero attached hydrogens (tertiary/aromatic N) is 1. The van der Waals surface area contributed by atoms with Crippen molar-refractivity contribution in [1.82, 2.24) is 5.32 Å². The fourth-order valence-corrected chi connectivity index (χ4v) is 2.59. The average Bonchev–Trinajstić information content (AvgIpc) is 2.96. The van der Waals surface area contributed by atoms with Crippen LogP contribution in [0.15, 0.2) is 36.9 Å². The molecule has 0 aromatic heterocycles. The summed E-state index contributed by atoms with van der Waals surface area (Å²) in [6.45, 7) is 5.69. The van der Waals surface area contributed by atoms with E-state index < -0.39 is 23.8 Å². The smallest absolute Gasteiger partial charge is 0.328 e. The Balaban J connectivity index is 1.97. The molecule has 1 aliphatic rings. The standard InChI is InChI=1S/C18H22N2O5/c1-3-8-25-11-15(18(23)24)19-17(22)13-9-16(21)20(10-13)14-6-4-12(2)5-7-14/h3-7,13,15H,1,8-11H2,2H3,(H,19,22)(H,23,24). The molecule has 1 aliphatic heterocycles. The normalized spacial score (nSPS) is 18.0. The topological polar surface area (TPSA) is 95.9 Å². The van der Waals surface area contributed by atoms with Crippen molar-refractivity contribution < 1.29 is 24.2 Å². The third-order valence-electron chi connectivity index (χ3n) is 3.98. The Hall–Kier alpha value is -2.67. The lowest BCUT2D eigenvalue weighted by molar-refractivity contribution is -0.144. The van der Waals surface area contributed by atoms with E-state index in [0.29, 0.717) is 0 Å². The number of ether oxygens (including phenoxy) is 1. The van der Waals surface area contributed by atoms with Gasteiger partial charge in [0.15, 0.2) is 6.04 Å². The molecular formula is C18H22N2O5. The Bertz CT molecular complexity index is 656. The van der Waals surface area contributed by atoms with Crippen LogP contribution in [-0.4, -0.2) is 48.7 Å². The van der Waals surface area contributed by atoms with E-state index in [1.165, 1.54) is 6.08 Å². The van der Waals surface area contributed by atoms with Crippen molar-refractivity contribution in [1.29, 1.82) is 0 Å². The lowest BCUT2D eigenvalue weighted by Gasteiger charge is -2.18. The van der Waals surface area contributed by atoms with Gasteiger partial charge in [-0.15, -0.1) is 6.58 Å². The van der Waals surface area contributed by atoms with Gasteiger partial charge in [0.2, 0.25) is 11.8 Å². The number of carboxylic acids is 1. The molecule has 0 spiro atoms. The van der Waals surface area contributed by atoms with Crippen LogP contribution in [0.2, 0.25) is 0 Å². The number of hydrogen-bond donors (Lipinski definition) is 2. The van der Waals surface area contributed by atoms with Crippen molar-refractivity contribution in [2.75, 3.05) is 24.7 Å². The maximum atomic E-state index is 12.3. The van der Waals surface area contributed by atoms with E-state index in [0.717, 1.165) is 11.3 Å². The number of aliphatic carboxylic acids is 1. The minimum absolute atomic E-state index is 0.0551. The van der Waals surface area contributed by atoms with Gasteiger partial charge in [-0.3, -0.25) is 9.59 Å². The van der Waals surface area contributed by atoms with E-state index in [-0.39, 0.29) is 32.1 Å². The molecule has 1 fully saturated rings. The van der Waals surface area contributed by atoms with Gasteiger partial charge < -0.3 is 20.1 Å². The number of nitrogens with one attached hydrogen (secondary N) is 1. The van der Waals surface area contributed by atoms with E-state index in [1.54, 1.807) is 4.90 Å². The maximum absolute atomic E-state index is 12.3. The molecule has 1 heterocycles. The Kier molecular flexibility index (Phi) is 6.30. The zero-order valence-electron chi connectivity index (χ0n) is 14.1. The number of carbonyl (C=O) groups excluding carboxylic acids is 2. The third kappa shape index (κ3) is 4.90. The van der Waals surface area contributed by atoms with Gasteiger partial charge in [0.1, 0.15) is 0 Å². The molecule has 134 valence electrons. The van der Waals surface area contributed by atoms with Gasteiger partial charge in [-0.25, -0.2) is 4.79 Å². The SMILES string of the molecule is C=CCOCC(NC(=O)C1CC(=O)N(c2ccc(C)cc2)C1)C(=O)O. The zero-order valence-corrected chi connectivity index (χ0v) is 14.1. The van der Waals surface area contributed by atoms with Gasteiger partial charge in [0, 0.05) is 18.7 Å². The molecule has 2 unspecified atom stereocenters. The summed E-state index contributed by atoms with van der Waals surface area (Å²) in [7, 11) is 0. The number of hydrogen-bond acceptors (Lipinski definition) is 4. The molecule has 2 atom stereocenters. The summed E-state index contributed by atoms with van der Waals surface area (Å²) in [6.07, 6.45) is 1.55. The summed E-state index contributed by atoms with van der Waals surface area (Å²) in [5, 5.41) is 11.6. The van der Waals surface area contributed by atoms with Gasteiger partial charge in [0.25, 0.3) is 0 Å². The first-order chi connectivity index (χ1) is 11.9. The minimum atomic E-state index is -1.18. The zero-order chi connectivity index (χ0) is 18.4. The highest BCUT2D eigenvalue weighted by atomic mass is 16.5. The van der Waals surface area contributed by atoms with Crippen LogP contribution in [0.3, 0.4) is 0 Å². The molecule has 2 rings (SSSR count). The van der Waals surface area contributed by atoms with Crippen LogP contribution in [0.25, 0.3) is 0 Å². The summed E-state index contributed by atoms with van der Waals surface area (Å²) in [5.74, 6) is -2.39. The molecule has 1 aromatic rings. The maximum Gasteiger partial charge on any atom is 0.328 e. The fourth-order valence-electron chi connectivity index (χ4n) is 2.59. The molecule has 0 radical (unpaired) electrons. The summed E-state index contributed by atoms with van der Waals surface area (Å²) in [6, 6.07) is 6.30. The van der Waals surface area contributed by atoms with E-state index in [1.807, 2.05) is 31.2 Å². The summed E-state index contributed by atoms with van der Waals surface area (Å²) >= 11 is 0. The number of carbonyl (C=O) groups is 3. The number of benzene rings is 1. The molecule has 1 saturated heterocycles. The largest absolute Gasteiger partial charge is 0.480 e. The van der Waals surface area contributed by atoms with Gasteiger partial charge in [-0.2, -0.15) is 0 Å². The molecule has 2 amide bonds. The second-order valence-corrected chi connectivity index (χ2v) is 5.97. The first-order valence-corrected chi connectivity index (χ1v) is 8.01. The Morgan fingerprint density at radius 2 is 2.12 bits per heavy atom. The van der Waals surface area contributed by atoms with E-state index in [9.17, 15) is 19.5 Å². The molecule has 0 aliphatic carbocycles. The van der Waals surface area contributed by atoms with E-state index >= 15 is 0 Å².